The zero-order valence-electron chi connectivity index (χ0n) is 12.8. The molecule has 1 aliphatic rings. The molecule has 0 bridgehead atoms. The van der Waals surface area contributed by atoms with E-state index in [0.717, 1.165) is 12.3 Å². The summed E-state index contributed by atoms with van der Waals surface area (Å²) in [5.74, 6) is 1.41. The van der Waals surface area contributed by atoms with E-state index in [1.807, 2.05) is 12.1 Å². The van der Waals surface area contributed by atoms with Crippen molar-refractivity contribution >= 4 is 27.5 Å². The normalized spacial score (nSPS) is 26.0. The molecule has 0 radical (unpaired) electrons. The van der Waals surface area contributed by atoms with Gasteiger partial charge in [0.1, 0.15) is 5.82 Å². The Hall–Kier alpha value is -0.0800. The summed E-state index contributed by atoms with van der Waals surface area (Å²) in [5, 5.41) is 0. The highest BCUT2D eigenvalue weighted by molar-refractivity contribution is 9.10. The molecule has 0 nitrogen and oxygen atoms in total. The van der Waals surface area contributed by atoms with Crippen molar-refractivity contribution in [3.8, 4) is 0 Å². The Labute approximate surface area is 141 Å². The third-order valence-corrected chi connectivity index (χ3v) is 6.15. The number of benzene rings is 1. The predicted octanol–water partition coefficient (Wildman–Crippen LogP) is 6.74. The average molecular weight is 376 g/mol. The SMILES string of the molecule is CCCCC1CCC(CCl)(Cc2ccc(F)c(Br)c2)CC1. The van der Waals surface area contributed by atoms with Gasteiger partial charge >= 0.3 is 0 Å². The molecule has 1 aliphatic carbocycles. The molecule has 3 heteroatoms. The van der Waals surface area contributed by atoms with E-state index in [2.05, 4.69) is 22.9 Å². The van der Waals surface area contributed by atoms with Crippen LogP contribution >= 0.6 is 27.5 Å². The molecule has 0 saturated heterocycles. The van der Waals surface area contributed by atoms with Gasteiger partial charge in [-0.2, -0.15) is 0 Å². The summed E-state index contributed by atoms with van der Waals surface area (Å²) in [5.41, 5.74) is 1.40. The van der Waals surface area contributed by atoms with E-state index in [9.17, 15) is 4.39 Å². The van der Waals surface area contributed by atoms with Crippen LogP contribution in [0, 0.1) is 17.2 Å². The second kappa shape index (κ2) is 7.97. The van der Waals surface area contributed by atoms with Gasteiger partial charge in [0, 0.05) is 5.88 Å². The number of hydrogen-bond donors (Lipinski definition) is 0. The molecule has 1 aromatic rings. The summed E-state index contributed by atoms with van der Waals surface area (Å²) in [4.78, 5) is 0. The largest absolute Gasteiger partial charge is 0.206 e. The lowest BCUT2D eigenvalue weighted by atomic mass is 9.68. The third-order valence-electron chi connectivity index (χ3n) is 4.98. The van der Waals surface area contributed by atoms with E-state index >= 15 is 0 Å². The standard InChI is InChI=1S/C18H25BrClF/c1-2-3-4-14-7-9-18(13-20,10-8-14)12-15-5-6-17(21)16(19)11-15/h5-6,11,14H,2-4,7-10,12-13H2,1H3. The first-order valence-corrected chi connectivity index (χ1v) is 9.41. The Morgan fingerprint density at radius 1 is 1.33 bits per heavy atom. The number of unbranched alkanes of at least 4 members (excludes halogenated alkanes) is 1. The van der Waals surface area contributed by atoms with Crippen molar-refractivity contribution in [3.05, 3.63) is 34.1 Å². The van der Waals surface area contributed by atoms with E-state index in [1.165, 1.54) is 50.5 Å². The van der Waals surface area contributed by atoms with Gasteiger partial charge in [-0.1, -0.05) is 32.3 Å². The molecule has 0 aromatic heterocycles. The maximum Gasteiger partial charge on any atom is 0.137 e. The Balaban J connectivity index is 1.98. The van der Waals surface area contributed by atoms with E-state index < -0.39 is 0 Å². The number of rotatable bonds is 6. The minimum Gasteiger partial charge on any atom is -0.206 e. The van der Waals surface area contributed by atoms with Gasteiger partial charge in [0.15, 0.2) is 0 Å². The van der Waals surface area contributed by atoms with Crippen LogP contribution in [-0.2, 0) is 6.42 Å². The first-order valence-electron chi connectivity index (χ1n) is 8.08. The first kappa shape index (κ1) is 17.3. The maximum atomic E-state index is 13.4. The summed E-state index contributed by atoms with van der Waals surface area (Å²) < 4.78 is 13.9. The first-order chi connectivity index (χ1) is 10.1. The van der Waals surface area contributed by atoms with Crippen molar-refractivity contribution in [2.45, 2.75) is 58.3 Å². The van der Waals surface area contributed by atoms with Crippen molar-refractivity contribution in [3.63, 3.8) is 0 Å². The van der Waals surface area contributed by atoms with Gasteiger partial charge in [0.25, 0.3) is 0 Å². The minimum atomic E-state index is -0.193. The van der Waals surface area contributed by atoms with Crippen LogP contribution in [-0.4, -0.2) is 5.88 Å². The molecule has 0 atom stereocenters. The smallest absolute Gasteiger partial charge is 0.137 e. The summed E-state index contributed by atoms with van der Waals surface area (Å²) in [7, 11) is 0. The molecule has 1 saturated carbocycles. The fourth-order valence-electron chi connectivity index (χ4n) is 3.51. The number of hydrogen-bond acceptors (Lipinski definition) is 0. The molecule has 0 amide bonds. The quantitative estimate of drug-likeness (QED) is 0.483. The van der Waals surface area contributed by atoms with E-state index in [4.69, 9.17) is 11.6 Å². The molecule has 1 aromatic carbocycles. The Kier molecular flexibility index (Phi) is 6.55. The molecule has 0 unspecified atom stereocenters. The Morgan fingerprint density at radius 3 is 2.62 bits per heavy atom. The highest BCUT2D eigenvalue weighted by atomic mass is 79.9. The third kappa shape index (κ3) is 4.69. The molecule has 0 aliphatic heterocycles. The van der Waals surface area contributed by atoms with E-state index in [1.54, 1.807) is 6.07 Å². The van der Waals surface area contributed by atoms with Crippen LogP contribution in [0.4, 0.5) is 4.39 Å². The van der Waals surface area contributed by atoms with Crippen LogP contribution in [0.1, 0.15) is 57.4 Å². The van der Waals surface area contributed by atoms with E-state index in [0.29, 0.717) is 10.4 Å². The van der Waals surface area contributed by atoms with Gasteiger partial charge in [0.2, 0.25) is 0 Å². The molecular formula is C18H25BrClF. The molecule has 0 spiro atoms. The van der Waals surface area contributed by atoms with Gasteiger partial charge in [-0.15, -0.1) is 11.6 Å². The van der Waals surface area contributed by atoms with Gasteiger partial charge in [0.05, 0.1) is 4.47 Å². The van der Waals surface area contributed by atoms with Crippen molar-refractivity contribution < 1.29 is 4.39 Å². The monoisotopic (exact) mass is 374 g/mol. The van der Waals surface area contributed by atoms with Gasteiger partial charge < -0.3 is 0 Å². The summed E-state index contributed by atoms with van der Waals surface area (Å²) in [6, 6.07) is 5.36. The van der Waals surface area contributed by atoms with Crippen LogP contribution in [0.5, 0.6) is 0 Å². The van der Waals surface area contributed by atoms with Crippen LogP contribution in [0.25, 0.3) is 0 Å². The Bertz CT molecular complexity index is 453. The lowest BCUT2D eigenvalue weighted by molar-refractivity contribution is 0.166. The molecule has 2 rings (SSSR count). The topological polar surface area (TPSA) is 0 Å². The van der Waals surface area contributed by atoms with Crippen molar-refractivity contribution in [2.24, 2.45) is 11.3 Å². The molecule has 118 valence electrons. The van der Waals surface area contributed by atoms with Crippen molar-refractivity contribution in [1.29, 1.82) is 0 Å². The zero-order valence-corrected chi connectivity index (χ0v) is 15.1. The van der Waals surface area contributed by atoms with Crippen LogP contribution in [0.3, 0.4) is 0 Å². The summed E-state index contributed by atoms with van der Waals surface area (Å²) >= 11 is 9.60. The molecule has 21 heavy (non-hydrogen) atoms. The highest BCUT2D eigenvalue weighted by Crippen LogP contribution is 2.44. The van der Waals surface area contributed by atoms with Gasteiger partial charge in [-0.25, -0.2) is 4.39 Å². The van der Waals surface area contributed by atoms with Crippen molar-refractivity contribution in [1.82, 2.24) is 0 Å². The average Bonchev–Trinajstić information content (AvgIpc) is 2.50. The summed E-state index contributed by atoms with van der Waals surface area (Å²) in [6.07, 6.45) is 10.0. The lowest BCUT2D eigenvalue weighted by Crippen LogP contribution is -2.31. The number of halogens is 3. The van der Waals surface area contributed by atoms with Crippen LogP contribution in [0.15, 0.2) is 22.7 Å². The molecule has 1 fully saturated rings. The fraction of sp³-hybridized carbons (Fsp3) is 0.667. The van der Waals surface area contributed by atoms with Crippen molar-refractivity contribution in [2.75, 3.05) is 5.88 Å². The van der Waals surface area contributed by atoms with E-state index in [-0.39, 0.29) is 11.2 Å². The van der Waals surface area contributed by atoms with Gasteiger partial charge in [-0.05, 0) is 77.1 Å². The zero-order chi connectivity index (χ0) is 15.3. The number of alkyl halides is 1. The highest BCUT2D eigenvalue weighted by Gasteiger charge is 2.34. The lowest BCUT2D eigenvalue weighted by Gasteiger charge is -2.39. The minimum absolute atomic E-state index is 0.193. The predicted molar refractivity (Wildman–Crippen MR) is 92.4 cm³/mol. The maximum absolute atomic E-state index is 13.4. The molecule has 0 N–H and O–H groups in total. The van der Waals surface area contributed by atoms with Crippen LogP contribution in [0.2, 0.25) is 0 Å². The summed E-state index contributed by atoms with van der Waals surface area (Å²) in [6.45, 7) is 2.26. The molecular weight excluding hydrogens is 351 g/mol. The second-order valence-electron chi connectivity index (χ2n) is 6.64. The van der Waals surface area contributed by atoms with Crippen LogP contribution < -0.4 is 0 Å². The fourth-order valence-corrected chi connectivity index (χ4v) is 4.30. The molecule has 0 heterocycles. The second-order valence-corrected chi connectivity index (χ2v) is 7.77. The van der Waals surface area contributed by atoms with Gasteiger partial charge in [-0.3, -0.25) is 0 Å². The Morgan fingerprint density at radius 2 is 2.05 bits per heavy atom.